The van der Waals surface area contributed by atoms with Crippen molar-refractivity contribution in [3.05, 3.63) is 18.0 Å². The Morgan fingerprint density at radius 2 is 2.40 bits per heavy atom. The van der Waals surface area contributed by atoms with Crippen LogP contribution in [0.15, 0.2) is 12.4 Å². The average Bonchev–Trinajstić information content (AvgIpc) is 2.60. The number of hydrogen-bond acceptors (Lipinski definition) is 4. The largest absolute Gasteiger partial charge is 0.469 e. The molecule has 0 spiro atoms. The van der Waals surface area contributed by atoms with Gasteiger partial charge >= 0.3 is 5.97 Å². The number of hydrogen-bond donors (Lipinski definition) is 1. The third kappa shape index (κ3) is 3.06. The molecular formula is C10H17N3O2. The second kappa shape index (κ2) is 4.93. The van der Waals surface area contributed by atoms with Crippen LogP contribution in [0.25, 0.3) is 0 Å². The number of carbonyl (C=O) groups is 1. The molecule has 5 nitrogen and oxygen atoms in total. The number of carbonyl (C=O) groups excluding carboxylic acids is 1. The zero-order chi connectivity index (χ0) is 11.4. The Labute approximate surface area is 89.2 Å². The number of ether oxygens (including phenoxy) is 1. The standard InChI is InChI=1S/C10H17N3O2/c1-7(11)9(4-10(14)15-3)8-5-12-13(2)6-8/h5-7,9H,4,11H2,1-3H3. The fourth-order valence-electron chi connectivity index (χ4n) is 1.50. The molecular weight excluding hydrogens is 194 g/mol. The second-order valence-corrected chi connectivity index (χ2v) is 3.69. The monoisotopic (exact) mass is 211 g/mol. The lowest BCUT2D eigenvalue weighted by molar-refractivity contribution is -0.141. The molecule has 0 saturated heterocycles. The summed E-state index contributed by atoms with van der Waals surface area (Å²) in [5, 5.41) is 4.06. The molecule has 2 unspecified atom stereocenters. The van der Waals surface area contributed by atoms with E-state index in [1.807, 2.05) is 20.2 Å². The first-order valence-electron chi connectivity index (χ1n) is 4.85. The van der Waals surface area contributed by atoms with Crippen LogP contribution in [0.1, 0.15) is 24.8 Å². The van der Waals surface area contributed by atoms with Crippen molar-refractivity contribution in [3.8, 4) is 0 Å². The Bertz CT molecular complexity index is 333. The van der Waals surface area contributed by atoms with E-state index in [0.717, 1.165) is 5.56 Å². The second-order valence-electron chi connectivity index (χ2n) is 3.69. The number of nitrogens with zero attached hydrogens (tertiary/aromatic N) is 2. The Hall–Kier alpha value is -1.36. The quantitative estimate of drug-likeness (QED) is 0.732. The summed E-state index contributed by atoms with van der Waals surface area (Å²) >= 11 is 0. The van der Waals surface area contributed by atoms with Gasteiger partial charge in [-0.05, 0) is 12.5 Å². The van der Waals surface area contributed by atoms with Crippen molar-refractivity contribution in [1.29, 1.82) is 0 Å². The topological polar surface area (TPSA) is 70.1 Å². The lowest BCUT2D eigenvalue weighted by Crippen LogP contribution is -2.27. The van der Waals surface area contributed by atoms with Gasteiger partial charge in [0.15, 0.2) is 0 Å². The minimum absolute atomic E-state index is 0.0360. The summed E-state index contributed by atoms with van der Waals surface area (Å²) in [6.07, 6.45) is 3.90. The SMILES string of the molecule is COC(=O)CC(c1cnn(C)c1)C(C)N. The smallest absolute Gasteiger partial charge is 0.306 e. The number of rotatable bonds is 4. The van der Waals surface area contributed by atoms with Crippen LogP contribution in [0.3, 0.4) is 0 Å². The summed E-state index contributed by atoms with van der Waals surface area (Å²) < 4.78 is 6.33. The molecule has 0 fully saturated rings. The van der Waals surface area contributed by atoms with Crippen molar-refractivity contribution in [2.24, 2.45) is 12.8 Å². The molecule has 0 saturated carbocycles. The molecule has 15 heavy (non-hydrogen) atoms. The van der Waals surface area contributed by atoms with Gasteiger partial charge < -0.3 is 10.5 Å². The first-order valence-corrected chi connectivity index (χ1v) is 4.85. The molecule has 5 heteroatoms. The molecule has 1 aromatic rings. The maximum absolute atomic E-state index is 11.2. The lowest BCUT2D eigenvalue weighted by Gasteiger charge is -2.17. The van der Waals surface area contributed by atoms with Gasteiger partial charge in [0.1, 0.15) is 0 Å². The molecule has 0 radical (unpaired) electrons. The highest BCUT2D eigenvalue weighted by Crippen LogP contribution is 2.22. The predicted molar refractivity (Wildman–Crippen MR) is 56.2 cm³/mol. The van der Waals surface area contributed by atoms with E-state index in [1.54, 1.807) is 10.9 Å². The van der Waals surface area contributed by atoms with E-state index in [-0.39, 0.29) is 17.9 Å². The van der Waals surface area contributed by atoms with E-state index in [1.165, 1.54) is 7.11 Å². The van der Waals surface area contributed by atoms with E-state index in [0.29, 0.717) is 6.42 Å². The van der Waals surface area contributed by atoms with Gasteiger partial charge in [-0.3, -0.25) is 9.48 Å². The highest BCUT2D eigenvalue weighted by atomic mass is 16.5. The van der Waals surface area contributed by atoms with Gasteiger partial charge in [-0.1, -0.05) is 0 Å². The van der Waals surface area contributed by atoms with E-state index in [9.17, 15) is 4.79 Å². The van der Waals surface area contributed by atoms with Crippen molar-refractivity contribution < 1.29 is 9.53 Å². The normalized spacial score (nSPS) is 14.7. The van der Waals surface area contributed by atoms with Gasteiger partial charge in [0.2, 0.25) is 0 Å². The Balaban J connectivity index is 2.79. The van der Waals surface area contributed by atoms with Crippen LogP contribution in [-0.4, -0.2) is 28.9 Å². The summed E-state index contributed by atoms with van der Waals surface area (Å²) in [7, 11) is 3.21. The summed E-state index contributed by atoms with van der Waals surface area (Å²) in [6.45, 7) is 1.88. The van der Waals surface area contributed by atoms with Crippen molar-refractivity contribution in [3.63, 3.8) is 0 Å². The molecule has 2 N–H and O–H groups in total. The molecule has 0 amide bonds. The van der Waals surface area contributed by atoms with E-state index >= 15 is 0 Å². The summed E-state index contributed by atoms with van der Waals surface area (Å²) in [5.41, 5.74) is 6.81. The lowest BCUT2D eigenvalue weighted by atomic mass is 9.92. The van der Waals surface area contributed by atoms with Gasteiger partial charge in [0.25, 0.3) is 0 Å². The molecule has 0 aromatic carbocycles. The minimum atomic E-state index is -0.249. The number of methoxy groups -OCH3 is 1. The summed E-state index contributed by atoms with van der Waals surface area (Å²) in [5.74, 6) is -0.285. The predicted octanol–water partition coefficient (Wildman–Crippen LogP) is 0.414. The van der Waals surface area contributed by atoms with Gasteiger partial charge in [-0.15, -0.1) is 0 Å². The van der Waals surface area contributed by atoms with Crippen LogP contribution in [0.4, 0.5) is 0 Å². The molecule has 1 rings (SSSR count). The number of aryl methyl sites for hydroxylation is 1. The molecule has 0 aliphatic carbocycles. The number of nitrogens with two attached hydrogens (primary N) is 1. The number of aromatic nitrogens is 2. The van der Waals surface area contributed by atoms with Gasteiger partial charge in [-0.2, -0.15) is 5.10 Å². The van der Waals surface area contributed by atoms with Crippen molar-refractivity contribution in [2.75, 3.05) is 7.11 Å². The summed E-state index contributed by atoms with van der Waals surface area (Å²) in [6, 6.07) is -0.103. The Kier molecular flexibility index (Phi) is 3.85. The van der Waals surface area contributed by atoms with Crippen LogP contribution >= 0.6 is 0 Å². The molecule has 0 bridgehead atoms. The maximum Gasteiger partial charge on any atom is 0.306 e. The fourth-order valence-corrected chi connectivity index (χ4v) is 1.50. The van der Waals surface area contributed by atoms with Crippen LogP contribution in [0.2, 0.25) is 0 Å². The molecule has 2 atom stereocenters. The minimum Gasteiger partial charge on any atom is -0.469 e. The first kappa shape index (κ1) is 11.7. The zero-order valence-corrected chi connectivity index (χ0v) is 9.30. The van der Waals surface area contributed by atoms with Crippen LogP contribution in [0, 0.1) is 0 Å². The zero-order valence-electron chi connectivity index (χ0n) is 9.30. The Morgan fingerprint density at radius 3 is 2.80 bits per heavy atom. The van der Waals surface area contributed by atoms with Crippen molar-refractivity contribution in [2.45, 2.75) is 25.3 Å². The average molecular weight is 211 g/mol. The molecule has 1 aromatic heterocycles. The molecule has 0 aliphatic rings. The van der Waals surface area contributed by atoms with Crippen LogP contribution in [-0.2, 0) is 16.6 Å². The third-order valence-electron chi connectivity index (χ3n) is 2.40. The van der Waals surface area contributed by atoms with E-state index < -0.39 is 0 Å². The van der Waals surface area contributed by atoms with Crippen molar-refractivity contribution in [1.82, 2.24) is 9.78 Å². The highest BCUT2D eigenvalue weighted by molar-refractivity contribution is 5.70. The van der Waals surface area contributed by atoms with Gasteiger partial charge in [0, 0.05) is 25.2 Å². The number of esters is 1. The van der Waals surface area contributed by atoms with Crippen LogP contribution < -0.4 is 5.73 Å². The molecule has 0 aliphatic heterocycles. The Morgan fingerprint density at radius 1 is 1.73 bits per heavy atom. The van der Waals surface area contributed by atoms with E-state index in [4.69, 9.17) is 5.73 Å². The maximum atomic E-state index is 11.2. The third-order valence-corrected chi connectivity index (χ3v) is 2.40. The van der Waals surface area contributed by atoms with E-state index in [2.05, 4.69) is 9.84 Å². The molecule has 1 heterocycles. The van der Waals surface area contributed by atoms with Crippen LogP contribution in [0.5, 0.6) is 0 Å². The van der Waals surface area contributed by atoms with Gasteiger partial charge in [-0.25, -0.2) is 0 Å². The fraction of sp³-hybridized carbons (Fsp3) is 0.600. The first-order chi connectivity index (χ1) is 7.04. The van der Waals surface area contributed by atoms with Gasteiger partial charge in [0.05, 0.1) is 19.7 Å². The van der Waals surface area contributed by atoms with Crippen molar-refractivity contribution >= 4 is 5.97 Å². The summed E-state index contributed by atoms with van der Waals surface area (Å²) in [4.78, 5) is 11.2. The highest BCUT2D eigenvalue weighted by Gasteiger charge is 2.21. The molecule has 84 valence electrons.